The van der Waals surface area contributed by atoms with Crippen LogP contribution in [0, 0.1) is 23.2 Å². The van der Waals surface area contributed by atoms with Crippen molar-refractivity contribution in [1.29, 1.82) is 0 Å². The average molecular weight is 205 g/mol. The van der Waals surface area contributed by atoms with E-state index in [4.69, 9.17) is 5.73 Å². The van der Waals surface area contributed by atoms with Crippen LogP contribution in [0.15, 0.2) is 12.7 Å². The van der Waals surface area contributed by atoms with Crippen molar-refractivity contribution in [2.75, 3.05) is 0 Å². The van der Waals surface area contributed by atoms with Gasteiger partial charge in [0.05, 0.1) is 0 Å². The maximum atomic E-state index is 6.50. The molecule has 0 spiro atoms. The summed E-state index contributed by atoms with van der Waals surface area (Å²) in [5.41, 5.74) is 6.77. The molecule has 1 heteroatoms. The Labute approximate surface area is 93.1 Å². The van der Waals surface area contributed by atoms with E-state index in [-0.39, 0.29) is 5.54 Å². The molecule has 84 valence electrons. The lowest BCUT2D eigenvalue weighted by atomic mass is 9.45. The molecule has 0 amide bonds. The Bertz CT molecular complexity index is 254. The van der Waals surface area contributed by atoms with Gasteiger partial charge in [-0.3, -0.25) is 0 Å². The van der Waals surface area contributed by atoms with Crippen LogP contribution in [0.1, 0.15) is 45.4 Å². The third kappa shape index (κ3) is 1.25. The molecular formula is C14H23N. The van der Waals surface area contributed by atoms with E-state index >= 15 is 0 Å². The monoisotopic (exact) mass is 205 g/mol. The van der Waals surface area contributed by atoms with Gasteiger partial charge in [-0.25, -0.2) is 0 Å². The minimum atomic E-state index is -0.136. The quantitative estimate of drug-likeness (QED) is 0.689. The molecular weight excluding hydrogens is 182 g/mol. The number of nitrogens with two attached hydrogens (primary N) is 1. The van der Waals surface area contributed by atoms with Crippen LogP contribution in [-0.4, -0.2) is 5.54 Å². The number of hydrogen-bond donors (Lipinski definition) is 1. The van der Waals surface area contributed by atoms with Gasteiger partial charge >= 0.3 is 0 Å². The predicted molar refractivity (Wildman–Crippen MR) is 63.4 cm³/mol. The van der Waals surface area contributed by atoms with E-state index in [0.717, 1.165) is 17.8 Å². The van der Waals surface area contributed by atoms with E-state index in [0.29, 0.717) is 5.41 Å². The van der Waals surface area contributed by atoms with E-state index < -0.39 is 0 Å². The third-order valence-electron chi connectivity index (χ3n) is 5.60. The van der Waals surface area contributed by atoms with Crippen molar-refractivity contribution >= 4 is 0 Å². The summed E-state index contributed by atoms with van der Waals surface area (Å²) in [7, 11) is 0. The van der Waals surface area contributed by atoms with E-state index in [9.17, 15) is 0 Å². The fourth-order valence-corrected chi connectivity index (χ4v) is 4.99. The first-order valence-corrected chi connectivity index (χ1v) is 6.47. The van der Waals surface area contributed by atoms with Crippen molar-refractivity contribution in [3.05, 3.63) is 12.7 Å². The van der Waals surface area contributed by atoms with Gasteiger partial charge in [-0.05, 0) is 68.6 Å². The minimum absolute atomic E-state index is 0.136. The highest BCUT2D eigenvalue weighted by Crippen LogP contribution is 2.63. The molecule has 1 atom stereocenters. The second-order valence-electron chi connectivity index (χ2n) is 6.68. The zero-order valence-electron chi connectivity index (χ0n) is 9.84. The summed E-state index contributed by atoms with van der Waals surface area (Å²) in [6, 6.07) is 0. The van der Waals surface area contributed by atoms with Gasteiger partial charge in [0.15, 0.2) is 0 Å². The van der Waals surface area contributed by atoms with Crippen LogP contribution >= 0.6 is 0 Å². The molecule has 0 aromatic rings. The van der Waals surface area contributed by atoms with E-state index in [1.54, 1.807) is 0 Å². The molecule has 15 heavy (non-hydrogen) atoms. The molecule has 4 bridgehead atoms. The summed E-state index contributed by atoms with van der Waals surface area (Å²) in [5, 5.41) is 0. The lowest BCUT2D eigenvalue weighted by molar-refractivity contribution is -0.0811. The Hall–Kier alpha value is -0.300. The first kappa shape index (κ1) is 9.89. The first-order chi connectivity index (χ1) is 7.05. The lowest BCUT2D eigenvalue weighted by Crippen LogP contribution is -2.60. The van der Waals surface area contributed by atoms with Gasteiger partial charge in [0, 0.05) is 5.54 Å². The molecule has 1 unspecified atom stereocenters. The zero-order valence-corrected chi connectivity index (χ0v) is 9.84. The fraction of sp³-hybridized carbons (Fsp3) is 0.857. The summed E-state index contributed by atoms with van der Waals surface area (Å²) < 4.78 is 0. The Morgan fingerprint density at radius 2 is 1.53 bits per heavy atom. The maximum Gasteiger partial charge on any atom is 0.0365 e. The molecule has 2 N–H and O–H groups in total. The Kier molecular flexibility index (Phi) is 1.90. The molecule has 4 saturated carbocycles. The first-order valence-electron chi connectivity index (χ1n) is 6.47. The van der Waals surface area contributed by atoms with Crippen LogP contribution in [0.25, 0.3) is 0 Å². The molecule has 1 nitrogen and oxygen atoms in total. The van der Waals surface area contributed by atoms with E-state index in [1.165, 1.54) is 38.5 Å². The fourth-order valence-electron chi connectivity index (χ4n) is 4.99. The van der Waals surface area contributed by atoms with E-state index in [1.807, 2.05) is 6.08 Å². The van der Waals surface area contributed by atoms with Crippen LogP contribution in [0.2, 0.25) is 0 Å². The van der Waals surface area contributed by atoms with Crippen LogP contribution in [-0.2, 0) is 0 Å². The minimum Gasteiger partial charge on any atom is -0.322 e. The summed E-state index contributed by atoms with van der Waals surface area (Å²) in [6.45, 7) is 6.17. The van der Waals surface area contributed by atoms with Gasteiger partial charge in [-0.15, -0.1) is 6.58 Å². The standard InChI is InChI=1S/C14H23N/c1-3-13(2,15)14-7-10-4-11(8-14)6-12(5-10)9-14/h3,10-12H,1,4-9,15H2,2H3. The van der Waals surface area contributed by atoms with Crippen LogP contribution in [0.4, 0.5) is 0 Å². The SMILES string of the molecule is C=CC(C)(N)C12CC3CC(CC(C3)C1)C2. The molecule has 4 aliphatic rings. The maximum absolute atomic E-state index is 6.50. The molecule has 0 aliphatic heterocycles. The van der Waals surface area contributed by atoms with Crippen molar-refractivity contribution in [3.63, 3.8) is 0 Å². The van der Waals surface area contributed by atoms with Gasteiger partial charge < -0.3 is 5.73 Å². The molecule has 0 aromatic heterocycles. The Balaban J connectivity index is 1.96. The lowest BCUT2D eigenvalue weighted by Gasteiger charge is -2.61. The van der Waals surface area contributed by atoms with Gasteiger partial charge in [0.25, 0.3) is 0 Å². The van der Waals surface area contributed by atoms with Crippen molar-refractivity contribution in [3.8, 4) is 0 Å². The second-order valence-corrected chi connectivity index (χ2v) is 6.68. The van der Waals surface area contributed by atoms with Crippen molar-refractivity contribution in [2.45, 2.75) is 51.0 Å². The Morgan fingerprint density at radius 1 is 1.13 bits per heavy atom. The molecule has 0 radical (unpaired) electrons. The summed E-state index contributed by atoms with van der Waals surface area (Å²) >= 11 is 0. The van der Waals surface area contributed by atoms with E-state index in [2.05, 4.69) is 13.5 Å². The normalized spacial score (nSPS) is 51.5. The summed E-state index contributed by atoms with van der Waals surface area (Å²) in [4.78, 5) is 0. The predicted octanol–water partition coefficient (Wildman–Crippen LogP) is 3.11. The highest BCUT2D eigenvalue weighted by molar-refractivity contribution is 5.16. The van der Waals surface area contributed by atoms with Crippen LogP contribution in [0.5, 0.6) is 0 Å². The van der Waals surface area contributed by atoms with Crippen molar-refractivity contribution in [1.82, 2.24) is 0 Å². The van der Waals surface area contributed by atoms with Gasteiger partial charge in [0.1, 0.15) is 0 Å². The van der Waals surface area contributed by atoms with Gasteiger partial charge in [-0.2, -0.15) is 0 Å². The number of hydrogen-bond acceptors (Lipinski definition) is 1. The average Bonchev–Trinajstić information content (AvgIpc) is 2.15. The summed E-state index contributed by atoms with van der Waals surface area (Å²) in [6.07, 6.45) is 10.6. The second kappa shape index (κ2) is 2.88. The molecule has 0 aromatic carbocycles. The van der Waals surface area contributed by atoms with Crippen LogP contribution < -0.4 is 5.73 Å². The Morgan fingerprint density at radius 3 is 1.87 bits per heavy atom. The molecule has 0 heterocycles. The van der Waals surface area contributed by atoms with Crippen molar-refractivity contribution in [2.24, 2.45) is 28.9 Å². The smallest absolute Gasteiger partial charge is 0.0365 e. The highest BCUT2D eigenvalue weighted by atomic mass is 14.8. The van der Waals surface area contributed by atoms with Crippen molar-refractivity contribution < 1.29 is 0 Å². The highest BCUT2D eigenvalue weighted by Gasteiger charge is 2.56. The molecule has 0 saturated heterocycles. The topological polar surface area (TPSA) is 26.0 Å². The van der Waals surface area contributed by atoms with Gasteiger partial charge in [0.2, 0.25) is 0 Å². The number of rotatable bonds is 2. The zero-order chi connectivity index (χ0) is 10.7. The summed E-state index contributed by atoms with van der Waals surface area (Å²) in [5.74, 6) is 2.96. The van der Waals surface area contributed by atoms with Gasteiger partial charge in [-0.1, -0.05) is 6.08 Å². The molecule has 4 aliphatic carbocycles. The largest absolute Gasteiger partial charge is 0.322 e. The molecule has 4 fully saturated rings. The van der Waals surface area contributed by atoms with Crippen LogP contribution in [0.3, 0.4) is 0 Å². The molecule has 4 rings (SSSR count). The third-order valence-corrected chi connectivity index (χ3v) is 5.60.